The van der Waals surface area contributed by atoms with Crippen molar-refractivity contribution in [2.45, 2.75) is 77.1 Å². The van der Waals surface area contributed by atoms with E-state index in [4.69, 9.17) is 9.47 Å². The minimum absolute atomic E-state index is 0.00809. The van der Waals surface area contributed by atoms with Gasteiger partial charge >= 0.3 is 0 Å². The highest BCUT2D eigenvalue weighted by molar-refractivity contribution is 5.76. The number of aliphatic hydroxyl groups excluding tert-OH is 1. The zero-order valence-corrected chi connectivity index (χ0v) is 29.2. The van der Waals surface area contributed by atoms with Gasteiger partial charge in [0, 0.05) is 69.8 Å². The van der Waals surface area contributed by atoms with E-state index < -0.39 is 6.29 Å². The Bertz CT molecular complexity index is 1630. The summed E-state index contributed by atoms with van der Waals surface area (Å²) in [6.07, 6.45) is 5.76. The van der Waals surface area contributed by atoms with Crippen molar-refractivity contribution in [2.75, 3.05) is 26.7 Å². The molecule has 2 amide bonds. The van der Waals surface area contributed by atoms with Crippen LogP contribution in [0, 0.1) is 0 Å². The summed E-state index contributed by atoms with van der Waals surface area (Å²) in [5.74, 6) is 0.0113. The summed E-state index contributed by atoms with van der Waals surface area (Å²) in [4.78, 5) is 30.1. The van der Waals surface area contributed by atoms with Crippen molar-refractivity contribution in [3.63, 3.8) is 0 Å². The molecule has 2 heterocycles. The molecule has 3 atom stereocenters. The summed E-state index contributed by atoms with van der Waals surface area (Å²) < 4.78 is 13.2. The van der Waals surface area contributed by atoms with Crippen LogP contribution in [0.5, 0.6) is 0 Å². The SMILES string of the molecule is CC(=O)NCCCCCC(=O)NCc1cccc(-c2ccc([C@H]3O[C@@H](CN(C)CCc4ccccn4)C[C@@H](c4ccc(CO)cc4)O3)cc2)c1. The zero-order valence-electron chi connectivity index (χ0n) is 29.2. The molecule has 0 spiro atoms. The van der Waals surface area contributed by atoms with Crippen LogP contribution in [-0.2, 0) is 38.6 Å². The zero-order chi connectivity index (χ0) is 35.1. The van der Waals surface area contributed by atoms with Gasteiger partial charge in [0.15, 0.2) is 6.29 Å². The maximum atomic E-state index is 12.4. The van der Waals surface area contributed by atoms with E-state index in [1.54, 1.807) is 0 Å². The highest BCUT2D eigenvalue weighted by atomic mass is 16.7. The summed E-state index contributed by atoms with van der Waals surface area (Å²) in [5, 5.41) is 15.4. The van der Waals surface area contributed by atoms with E-state index in [0.29, 0.717) is 19.5 Å². The van der Waals surface area contributed by atoms with Gasteiger partial charge in [-0.2, -0.15) is 0 Å². The average Bonchev–Trinajstić information content (AvgIpc) is 3.15. The maximum Gasteiger partial charge on any atom is 0.220 e. The second-order valence-corrected chi connectivity index (χ2v) is 13.1. The third kappa shape index (κ3) is 11.6. The van der Waals surface area contributed by atoms with Crippen molar-refractivity contribution in [1.82, 2.24) is 20.5 Å². The Labute approximate surface area is 296 Å². The fourth-order valence-electron chi connectivity index (χ4n) is 6.16. The number of likely N-dealkylation sites (N-methyl/N-ethyl adjacent to an activating group) is 1. The standard InChI is InChI=1S/C41H50N4O5/c1-30(47)42-22-6-3-4-12-40(48)44-27-32-9-8-10-36(25-32)33-17-19-35(20-18-33)41-49-38(28-45(2)24-21-37-11-5-7-23-43-37)26-39(50-41)34-15-13-31(29-46)14-16-34/h5,7-11,13-20,23,25,38-39,41,46H,3-4,6,12,21-22,24,26-29H2,1-2H3,(H,42,47)(H,44,48)/t38-,39+,41+/m1/s1. The summed E-state index contributed by atoms with van der Waals surface area (Å²) in [6, 6.07) is 30.5. The van der Waals surface area contributed by atoms with Crippen LogP contribution in [0.3, 0.4) is 0 Å². The number of benzene rings is 3. The molecule has 0 radical (unpaired) electrons. The van der Waals surface area contributed by atoms with Crippen molar-refractivity contribution in [3.05, 3.63) is 125 Å². The number of nitrogens with zero attached hydrogens (tertiary/aromatic N) is 2. The Morgan fingerprint density at radius 1 is 0.860 bits per heavy atom. The summed E-state index contributed by atoms with van der Waals surface area (Å²) in [6.45, 7) is 4.28. The van der Waals surface area contributed by atoms with E-state index in [0.717, 1.165) is 84.3 Å². The van der Waals surface area contributed by atoms with Crippen LogP contribution in [0.1, 0.15) is 79.4 Å². The molecule has 0 unspecified atom stereocenters. The third-order valence-electron chi connectivity index (χ3n) is 8.99. The number of aromatic nitrogens is 1. The van der Waals surface area contributed by atoms with Gasteiger partial charge in [-0.3, -0.25) is 14.6 Å². The molecule has 9 nitrogen and oxygen atoms in total. The van der Waals surface area contributed by atoms with Gasteiger partial charge in [0.2, 0.25) is 11.8 Å². The van der Waals surface area contributed by atoms with Gasteiger partial charge in [0.25, 0.3) is 0 Å². The van der Waals surface area contributed by atoms with Crippen molar-refractivity contribution in [1.29, 1.82) is 0 Å². The van der Waals surface area contributed by atoms with E-state index in [1.165, 1.54) is 6.92 Å². The predicted molar refractivity (Wildman–Crippen MR) is 195 cm³/mol. The van der Waals surface area contributed by atoms with Crippen molar-refractivity contribution < 1.29 is 24.2 Å². The van der Waals surface area contributed by atoms with Gasteiger partial charge in [0.1, 0.15) is 0 Å². The summed E-state index contributed by atoms with van der Waals surface area (Å²) in [7, 11) is 2.12. The number of hydrogen-bond acceptors (Lipinski definition) is 7. The van der Waals surface area contributed by atoms with E-state index in [2.05, 4.69) is 70.0 Å². The quantitative estimate of drug-likeness (QED) is 0.113. The normalized spacial score (nSPS) is 17.4. The number of pyridine rings is 1. The number of ether oxygens (including phenoxy) is 2. The first-order valence-corrected chi connectivity index (χ1v) is 17.7. The average molecular weight is 679 g/mol. The lowest BCUT2D eigenvalue weighted by Crippen LogP contribution is -2.38. The third-order valence-corrected chi connectivity index (χ3v) is 8.99. The Morgan fingerprint density at radius 3 is 2.40 bits per heavy atom. The lowest BCUT2D eigenvalue weighted by atomic mass is 9.99. The van der Waals surface area contributed by atoms with Gasteiger partial charge in [-0.15, -0.1) is 0 Å². The Balaban J connectivity index is 1.19. The number of hydrogen-bond donors (Lipinski definition) is 3. The molecule has 1 aliphatic heterocycles. The van der Waals surface area contributed by atoms with Crippen LogP contribution in [-0.4, -0.2) is 59.6 Å². The van der Waals surface area contributed by atoms with Gasteiger partial charge in [-0.1, -0.05) is 79.2 Å². The van der Waals surface area contributed by atoms with Crippen LogP contribution in [0.4, 0.5) is 0 Å². The molecule has 3 aromatic carbocycles. The minimum atomic E-state index is -0.526. The fraction of sp³-hybridized carbons (Fsp3) is 0.390. The summed E-state index contributed by atoms with van der Waals surface area (Å²) in [5.41, 5.74) is 7.14. The number of carbonyl (C=O) groups excluding carboxylic acids is 2. The molecule has 0 saturated carbocycles. The smallest absolute Gasteiger partial charge is 0.220 e. The van der Waals surface area contributed by atoms with Gasteiger partial charge < -0.3 is 30.1 Å². The molecule has 4 aromatic rings. The number of amides is 2. The van der Waals surface area contributed by atoms with Crippen molar-refractivity contribution in [3.8, 4) is 11.1 Å². The molecule has 1 aliphatic rings. The van der Waals surface area contributed by atoms with Gasteiger partial charge in [0.05, 0.1) is 18.8 Å². The second-order valence-electron chi connectivity index (χ2n) is 13.1. The van der Waals surface area contributed by atoms with E-state index in [9.17, 15) is 14.7 Å². The second kappa shape index (κ2) is 19.1. The first-order valence-electron chi connectivity index (χ1n) is 17.7. The van der Waals surface area contributed by atoms with Crippen LogP contribution in [0.2, 0.25) is 0 Å². The topological polar surface area (TPSA) is 113 Å². The number of rotatable bonds is 17. The first-order chi connectivity index (χ1) is 24.4. The molecule has 9 heteroatoms. The van der Waals surface area contributed by atoms with Gasteiger partial charge in [-0.05, 0) is 65.9 Å². The maximum absolute atomic E-state index is 12.4. The highest BCUT2D eigenvalue weighted by Gasteiger charge is 2.32. The molecule has 1 saturated heterocycles. The van der Waals surface area contributed by atoms with E-state index in [1.807, 2.05) is 54.7 Å². The molecule has 0 aliphatic carbocycles. The van der Waals surface area contributed by atoms with Crippen LogP contribution in [0.25, 0.3) is 11.1 Å². The first kappa shape index (κ1) is 36.9. The lowest BCUT2D eigenvalue weighted by Gasteiger charge is -2.38. The van der Waals surface area contributed by atoms with E-state index >= 15 is 0 Å². The monoisotopic (exact) mass is 678 g/mol. The molecule has 1 aromatic heterocycles. The van der Waals surface area contributed by atoms with Crippen LogP contribution >= 0.6 is 0 Å². The van der Waals surface area contributed by atoms with Crippen molar-refractivity contribution in [2.24, 2.45) is 0 Å². The van der Waals surface area contributed by atoms with Crippen LogP contribution < -0.4 is 10.6 Å². The molecular weight excluding hydrogens is 628 g/mol. The van der Waals surface area contributed by atoms with Crippen molar-refractivity contribution >= 4 is 11.8 Å². The number of unbranched alkanes of at least 4 members (excludes halogenated alkanes) is 2. The lowest BCUT2D eigenvalue weighted by molar-refractivity contribution is -0.252. The van der Waals surface area contributed by atoms with Gasteiger partial charge in [-0.25, -0.2) is 0 Å². The number of aliphatic hydroxyl groups is 1. The molecule has 264 valence electrons. The molecule has 3 N–H and O–H groups in total. The fourth-order valence-corrected chi connectivity index (χ4v) is 6.16. The van der Waals surface area contributed by atoms with E-state index in [-0.39, 0.29) is 30.6 Å². The molecule has 50 heavy (non-hydrogen) atoms. The summed E-state index contributed by atoms with van der Waals surface area (Å²) >= 11 is 0. The largest absolute Gasteiger partial charge is 0.392 e. The number of carbonyl (C=O) groups is 2. The Morgan fingerprint density at radius 2 is 1.66 bits per heavy atom. The van der Waals surface area contributed by atoms with Crippen LogP contribution in [0.15, 0.2) is 97.2 Å². The Hall–Kier alpha value is -4.41. The molecular formula is C41H50N4O5. The molecule has 0 bridgehead atoms. The minimum Gasteiger partial charge on any atom is -0.392 e. The molecule has 5 rings (SSSR count). The Kier molecular flexibility index (Phi) is 14.1. The molecule has 1 fully saturated rings. The highest BCUT2D eigenvalue weighted by Crippen LogP contribution is 2.38. The number of nitrogens with one attached hydrogen (secondary N) is 2. The predicted octanol–water partition coefficient (Wildman–Crippen LogP) is 6.27.